The Morgan fingerprint density at radius 1 is 1.27 bits per heavy atom. The number of carbonyl (C=O) groups excluding carboxylic acids is 1. The zero-order valence-electron chi connectivity index (χ0n) is 15.4. The first-order chi connectivity index (χ1) is 12.3. The van der Waals surface area contributed by atoms with E-state index in [0.717, 1.165) is 22.1 Å². The van der Waals surface area contributed by atoms with Crippen molar-refractivity contribution in [3.63, 3.8) is 0 Å². The number of methoxy groups -OCH3 is 1. The normalized spacial score (nSPS) is 11.6. The van der Waals surface area contributed by atoms with E-state index in [1.807, 2.05) is 25.1 Å². The topological polar surface area (TPSA) is 50.4 Å². The van der Waals surface area contributed by atoms with Gasteiger partial charge >= 0.3 is 0 Å². The van der Waals surface area contributed by atoms with Crippen LogP contribution in [0.2, 0.25) is 0 Å². The second kappa shape index (κ2) is 9.14. The Morgan fingerprint density at radius 3 is 2.50 bits per heavy atom. The summed E-state index contributed by atoms with van der Waals surface area (Å²) in [6, 6.07) is 11.7. The van der Waals surface area contributed by atoms with Crippen LogP contribution in [0, 0.1) is 6.92 Å². The lowest BCUT2D eigenvalue weighted by Crippen LogP contribution is -2.34. The van der Waals surface area contributed by atoms with Crippen LogP contribution in [-0.4, -0.2) is 18.1 Å². The van der Waals surface area contributed by atoms with Crippen LogP contribution in [-0.2, 0) is 0 Å². The second-order valence-electron chi connectivity index (χ2n) is 6.14. The van der Waals surface area contributed by atoms with E-state index in [1.54, 1.807) is 13.2 Å². The number of ether oxygens (including phenoxy) is 1. The van der Waals surface area contributed by atoms with Crippen molar-refractivity contribution in [2.24, 2.45) is 0 Å². The van der Waals surface area contributed by atoms with Crippen molar-refractivity contribution in [3.8, 4) is 5.75 Å². The molecule has 1 atom stereocenters. The fourth-order valence-electron chi connectivity index (χ4n) is 2.63. The third-order valence-corrected chi connectivity index (χ3v) is 4.93. The summed E-state index contributed by atoms with van der Waals surface area (Å²) < 4.78 is 6.16. The average Bonchev–Trinajstić information content (AvgIpc) is 2.60. The highest BCUT2D eigenvalue weighted by Crippen LogP contribution is 2.27. The van der Waals surface area contributed by atoms with Gasteiger partial charge in [0.25, 0.3) is 5.91 Å². The van der Waals surface area contributed by atoms with E-state index >= 15 is 0 Å². The third-order valence-electron chi connectivity index (χ3n) is 4.27. The van der Waals surface area contributed by atoms with Crippen LogP contribution >= 0.6 is 28.1 Å². The molecule has 2 aromatic rings. The van der Waals surface area contributed by atoms with Crippen LogP contribution < -0.4 is 15.4 Å². The number of carbonyl (C=O) groups is 1. The van der Waals surface area contributed by atoms with Gasteiger partial charge in [0, 0.05) is 10.2 Å². The molecule has 0 unspecified atom stereocenters. The maximum Gasteiger partial charge on any atom is 0.261 e. The molecule has 0 aliphatic rings. The minimum absolute atomic E-state index is 0.242. The van der Waals surface area contributed by atoms with Gasteiger partial charge in [0.15, 0.2) is 5.11 Å². The Labute approximate surface area is 168 Å². The van der Waals surface area contributed by atoms with E-state index in [9.17, 15) is 4.79 Å². The summed E-state index contributed by atoms with van der Waals surface area (Å²) >= 11 is 8.67. The van der Waals surface area contributed by atoms with Crippen molar-refractivity contribution >= 4 is 44.9 Å². The molecule has 2 N–H and O–H groups in total. The zero-order chi connectivity index (χ0) is 19.3. The number of hydrogen-bond donors (Lipinski definition) is 2. The van der Waals surface area contributed by atoms with E-state index in [4.69, 9.17) is 17.0 Å². The molecule has 0 aromatic heterocycles. The van der Waals surface area contributed by atoms with E-state index in [1.165, 1.54) is 5.56 Å². The van der Waals surface area contributed by atoms with Gasteiger partial charge in [-0.25, -0.2) is 0 Å². The largest absolute Gasteiger partial charge is 0.496 e. The number of hydrogen-bond acceptors (Lipinski definition) is 3. The fourth-order valence-corrected chi connectivity index (χ4v) is 3.42. The molecule has 4 nitrogen and oxygen atoms in total. The van der Waals surface area contributed by atoms with Crippen molar-refractivity contribution in [1.82, 2.24) is 5.32 Å². The molecule has 6 heteroatoms. The van der Waals surface area contributed by atoms with Crippen molar-refractivity contribution in [2.75, 3.05) is 12.4 Å². The first-order valence-corrected chi connectivity index (χ1v) is 9.62. The molecule has 0 aliphatic heterocycles. The molecule has 0 saturated carbocycles. The van der Waals surface area contributed by atoms with Crippen LogP contribution in [0.1, 0.15) is 47.7 Å². The number of nitrogens with one attached hydrogen (secondary N) is 2. The fraction of sp³-hybridized carbons (Fsp3) is 0.300. The van der Waals surface area contributed by atoms with Gasteiger partial charge in [-0.1, -0.05) is 41.9 Å². The molecule has 0 fully saturated rings. The summed E-state index contributed by atoms with van der Waals surface area (Å²) in [5.74, 6) is 0.731. The number of halogens is 1. The number of benzene rings is 2. The predicted molar refractivity (Wildman–Crippen MR) is 114 cm³/mol. The maximum atomic E-state index is 12.6. The monoisotopic (exact) mass is 434 g/mol. The quantitative estimate of drug-likeness (QED) is 0.617. The minimum Gasteiger partial charge on any atom is -0.496 e. The van der Waals surface area contributed by atoms with Crippen molar-refractivity contribution in [1.29, 1.82) is 0 Å². The molecule has 0 bridgehead atoms. The Bertz CT molecular complexity index is 806. The first kappa shape index (κ1) is 20.4. The lowest BCUT2D eigenvalue weighted by atomic mass is 9.99. The average molecular weight is 435 g/mol. The van der Waals surface area contributed by atoms with Gasteiger partial charge in [0.1, 0.15) is 5.75 Å². The second-order valence-corrected chi connectivity index (χ2v) is 7.47. The van der Waals surface area contributed by atoms with Gasteiger partial charge in [-0.15, -0.1) is 0 Å². The van der Waals surface area contributed by atoms with E-state index in [0.29, 0.717) is 17.2 Å². The van der Waals surface area contributed by atoms with Crippen molar-refractivity contribution in [2.45, 2.75) is 33.1 Å². The van der Waals surface area contributed by atoms with Crippen LogP contribution in [0.3, 0.4) is 0 Å². The minimum atomic E-state index is -0.319. The van der Waals surface area contributed by atoms with Gasteiger partial charge in [0.2, 0.25) is 0 Å². The summed E-state index contributed by atoms with van der Waals surface area (Å²) in [6.07, 6.45) is 1.09. The lowest BCUT2D eigenvalue weighted by Gasteiger charge is -2.14. The van der Waals surface area contributed by atoms with Crippen LogP contribution in [0.15, 0.2) is 40.9 Å². The molecule has 1 amide bonds. The summed E-state index contributed by atoms with van der Waals surface area (Å²) in [4.78, 5) is 12.6. The number of anilines is 1. The van der Waals surface area contributed by atoms with Crippen molar-refractivity contribution < 1.29 is 9.53 Å². The Hall–Kier alpha value is -1.92. The molecule has 2 aromatic carbocycles. The standard InChI is InChI=1S/C20H23BrN2O2S/c1-5-12(2)14-6-8-16(9-7-14)22-20(26)23-19(24)17-11-15(21)10-13(3)18(17)25-4/h6-12H,5H2,1-4H3,(H2,22,23,24,26)/t12-/m1/s1. The van der Waals surface area contributed by atoms with E-state index in [2.05, 4.69) is 52.5 Å². The highest BCUT2D eigenvalue weighted by molar-refractivity contribution is 9.10. The van der Waals surface area contributed by atoms with Crippen LogP contribution in [0.25, 0.3) is 0 Å². The van der Waals surface area contributed by atoms with Gasteiger partial charge in [-0.05, 0) is 66.9 Å². The van der Waals surface area contributed by atoms with Gasteiger partial charge in [-0.2, -0.15) is 0 Å². The highest BCUT2D eigenvalue weighted by atomic mass is 79.9. The molecule has 0 radical (unpaired) electrons. The van der Waals surface area contributed by atoms with Crippen LogP contribution in [0.5, 0.6) is 5.75 Å². The Balaban J connectivity index is 2.07. The molecule has 2 rings (SSSR count). The first-order valence-electron chi connectivity index (χ1n) is 8.42. The molecule has 0 aliphatic carbocycles. The number of aryl methyl sites for hydroxylation is 1. The number of amides is 1. The third kappa shape index (κ3) is 5.05. The van der Waals surface area contributed by atoms with Gasteiger partial charge in [-0.3, -0.25) is 10.1 Å². The predicted octanol–water partition coefficient (Wildman–Crippen LogP) is 5.41. The van der Waals surface area contributed by atoms with E-state index in [-0.39, 0.29) is 11.0 Å². The smallest absolute Gasteiger partial charge is 0.261 e. The Kier molecular flexibility index (Phi) is 7.17. The summed E-state index contributed by atoms with van der Waals surface area (Å²) in [5, 5.41) is 5.99. The molecule has 26 heavy (non-hydrogen) atoms. The number of rotatable bonds is 5. The number of thiocarbonyl (C=S) groups is 1. The molecular weight excluding hydrogens is 412 g/mol. The molecule has 138 valence electrons. The van der Waals surface area contributed by atoms with E-state index < -0.39 is 0 Å². The Morgan fingerprint density at radius 2 is 1.92 bits per heavy atom. The SMILES string of the molecule is CC[C@@H](C)c1ccc(NC(=S)NC(=O)c2cc(Br)cc(C)c2OC)cc1. The van der Waals surface area contributed by atoms with Gasteiger partial charge in [0.05, 0.1) is 12.7 Å². The van der Waals surface area contributed by atoms with Crippen molar-refractivity contribution in [3.05, 3.63) is 57.6 Å². The van der Waals surface area contributed by atoms with Gasteiger partial charge < -0.3 is 10.1 Å². The molecular formula is C20H23BrN2O2S. The molecule has 0 spiro atoms. The highest BCUT2D eigenvalue weighted by Gasteiger charge is 2.16. The molecule has 0 heterocycles. The lowest BCUT2D eigenvalue weighted by molar-refractivity contribution is 0.0974. The summed E-state index contributed by atoms with van der Waals surface area (Å²) in [7, 11) is 1.54. The molecule has 0 saturated heterocycles. The summed E-state index contributed by atoms with van der Waals surface area (Å²) in [6.45, 7) is 6.25. The summed E-state index contributed by atoms with van der Waals surface area (Å²) in [5.41, 5.74) is 3.41. The maximum absolute atomic E-state index is 12.6. The van der Waals surface area contributed by atoms with Crippen LogP contribution in [0.4, 0.5) is 5.69 Å². The zero-order valence-corrected chi connectivity index (χ0v) is 17.8.